The highest BCUT2D eigenvalue weighted by atomic mass is 16.6. The molecular weight excluding hydrogens is 228 g/mol. The fourth-order valence-corrected chi connectivity index (χ4v) is 2.80. The summed E-state index contributed by atoms with van der Waals surface area (Å²) in [6.45, 7) is 6.95. The monoisotopic (exact) mass is 250 g/mol. The second-order valence-electron chi connectivity index (χ2n) is 6.26. The Bertz CT molecular complexity index is 404. The lowest BCUT2D eigenvalue weighted by Gasteiger charge is -2.21. The highest BCUT2D eigenvalue weighted by molar-refractivity contribution is 5.76. The van der Waals surface area contributed by atoms with Crippen molar-refractivity contribution in [3.63, 3.8) is 0 Å². The maximum atomic E-state index is 10.9. The molecule has 100 valence electrons. The molecule has 3 heteroatoms. The summed E-state index contributed by atoms with van der Waals surface area (Å²) < 4.78 is 5.10. The number of aliphatic hydroxyl groups excluding tert-OH is 1. The Morgan fingerprint density at radius 1 is 1.61 bits per heavy atom. The van der Waals surface area contributed by atoms with E-state index in [-0.39, 0.29) is 6.61 Å². The summed E-state index contributed by atoms with van der Waals surface area (Å²) in [6, 6.07) is 0. The molecule has 2 atom stereocenters. The zero-order valence-corrected chi connectivity index (χ0v) is 11.4. The van der Waals surface area contributed by atoms with Gasteiger partial charge in [0.1, 0.15) is 6.29 Å². The van der Waals surface area contributed by atoms with E-state index in [0.717, 1.165) is 31.1 Å². The van der Waals surface area contributed by atoms with Crippen LogP contribution in [-0.2, 0) is 9.53 Å². The molecule has 1 aliphatic carbocycles. The van der Waals surface area contributed by atoms with Crippen LogP contribution in [0.2, 0.25) is 0 Å². The highest BCUT2D eigenvalue weighted by Gasteiger charge is 2.30. The van der Waals surface area contributed by atoms with Crippen molar-refractivity contribution in [2.24, 2.45) is 11.3 Å². The smallest absolute Gasteiger partial charge is 0.178 e. The second-order valence-corrected chi connectivity index (χ2v) is 6.26. The molecule has 0 bridgehead atoms. The van der Waals surface area contributed by atoms with Crippen molar-refractivity contribution in [2.45, 2.75) is 46.3 Å². The molecule has 0 saturated heterocycles. The van der Waals surface area contributed by atoms with Crippen molar-refractivity contribution in [1.29, 1.82) is 0 Å². The van der Waals surface area contributed by atoms with Crippen LogP contribution in [0.3, 0.4) is 0 Å². The fraction of sp³-hybridized carbons (Fsp3) is 0.667. The van der Waals surface area contributed by atoms with Crippen LogP contribution in [0.5, 0.6) is 0 Å². The average Bonchev–Trinajstić information content (AvgIpc) is 2.83. The van der Waals surface area contributed by atoms with Crippen LogP contribution in [0.4, 0.5) is 0 Å². The van der Waals surface area contributed by atoms with Crippen LogP contribution < -0.4 is 0 Å². The number of aliphatic hydroxyl groups is 1. The molecule has 1 aliphatic heterocycles. The van der Waals surface area contributed by atoms with Crippen LogP contribution in [-0.4, -0.2) is 24.3 Å². The molecule has 0 spiro atoms. The van der Waals surface area contributed by atoms with Crippen molar-refractivity contribution in [1.82, 2.24) is 0 Å². The minimum absolute atomic E-state index is 0.247. The summed E-state index contributed by atoms with van der Waals surface area (Å²) in [7, 11) is 0. The minimum atomic E-state index is -0.886. The van der Waals surface area contributed by atoms with Gasteiger partial charge in [-0.15, -0.1) is 0 Å². The Kier molecular flexibility index (Phi) is 3.74. The largest absolute Gasteiger partial charge is 0.364 e. The van der Waals surface area contributed by atoms with Crippen LogP contribution in [0.15, 0.2) is 22.8 Å². The number of ether oxygens (including phenoxy) is 1. The van der Waals surface area contributed by atoms with Gasteiger partial charge in [-0.3, -0.25) is 4.79 Å². The molecule has 0 aromatic heterocycles. The molecular formula is C15H22O3. The van der Waals surface area contributed by atoms with Crippen LogP contribution in [0.1, 0.15) is 40.0 Å². The molecule has 0 unspecified atom stereocenters. The van der Waals surface area contributed by atoms with Gasteiger partial charge in [-0.25, -0.2) is 0 Å². The zero-order valence-electron chi connectivity index (χ0n) is 11.4. The Morgan fingerprint density at radius 3 is 2.89 bits per heavy atom. The minimum Gasteiger partial charge on any atom is -0.364 e. The van der Waals surface area contributed by atoms with E-state index in [1.54, 1.807) is 0 Å². The lowest BCUT2D eigenvalue weighted by Crippen LogP contribution is -2.13. The third kappa shape index (κ3) is 2.73. The summed E-state index contributed by atoms with van der Waals surface area (Å²) >= 11 is 0. The van der Waals surface area contributed by atoms with Gasteiger partial charge >= 0.3 is 0 Å². The van der Waals surface area contributed by atoms with Gasteiger partial charge in [0, 0.05) is 5.57 Å². The van der Waals surface area contributed by atoms with Gasteiger partial charge in [-0.2, -0.15) is 0 Å². The Morgan fingerprint density at radius 2 is 2.33 bits per heavy atom. The standard InChI is InChI=1S/C15H22O3/c1-10(11-4-5-15(2,3)7-11)6-13-12(8-16)9-18-14(13)17/h4,8,10,14,17H,5-7,9H2,1-3H3/t10-,14-/m1/s1. The van der Waals surface area contributed by atoms with Gasteiger partial charge in [-0.05, 0) is 36.2 Å². The van der Waals surface area contributed by atoms with E-state index in [1.165, 1.54) is 5.57 Å². The summed E-state index contributed by atoms with van der Waals surface area (Å²) in [5, 5.41) is 9.73. The number of carbonyl (C=O) groups is 1. The molecule has 18 heavy (non-hydrogen) atoms. The lowest BCUT2D eigenvalue weighted by molar-refractivity contribution is -0.105. The number of hydrogen-bond donors (Lipinski definition) is 1. The average molecular weight is 250 g/mol. The highest BCUT2D eigenvalue weighted by Crippen LogP contribution is 2.41. The van der Waals surface area contributed by atoms with E-state index < -0.39 is 6.29 Å². The van der Waals surface area contributed by atoms with Crippen molar-refractivity contribution in [3.8, 4) is 0 Å². The lowest BCUT2D eigenvalue weighted by atomic mass is 9.85. The summed E-state index contributed by atoms with van der Waals surface area (Å²) in [5.74, 6) is 0.369. The van der Waals surface area contributed by atoms with E-state index in [0.29, 0.717) is 16.9 Å². The summed E-state index contributed by atoms with van der Waals surface area (Å²) in [5.41, 5.74) is 3.18. The molecule has 0 aromatic carbocycles. The van der Waals surface area contributed by atoms with Crippen LogP contribution in [0, 0.1) is 11.3 Å². The maximum Gasteiger partial charge on any atom is 0.178 e. The van der Waals surface area contributed by atoms with Gasteiger partial charge in [0.25, 0.3) is 0 Å². The Balaban J connectivity index is 2.04. The first-order valence-electron chi connectivity index (χ1n) is 6.58. The van der Waals surface area contributed by atoms with E-state index in [1.807, 2.05) is 0 Å². The zero-order chi connectivity index (χ0) is 13.3. The third-order valence-corrected chi connectivity index (χ3v) is 4.01. The first kappa shape index (κ1) is 13.5. The molecule has 2 rings (SSSR count). The number of allylic oxidation sites excluding steroid dienone is 2. The second kappa shape index (κ2) is 4.98. The van der Waals surface area contributed by atoms with Gasteiger partial charge < -0.3 is 9.84 Å². The summed E-state index contributed by atoms with van der Waals surface area (Å²) in [6.07, 6.45) is 5.18. The molecule has 0 fully saturated rings. The Labute approximate surface area is 109 Å². The number of hydrogen-bond acceptors (Lipinski definition) is 3. The molecule has 0 amide bonds. The Hall–Kier alpha value is -0.930. The SMILES string of the molecule is C[C@H](CC1=C(C=O)CO[C@H]1O)C1=CCC(C)(C)C1. The van der Waals surface area contributed by atoms with Crippen LogP contribution >= 0.6 is 0 Å². The number of rotatable bonds is 4. The van der Waals surface area contributed by atoms with Gasteiger partial charge in [0.15, 0.2) is 6.29 Å². The molecule has 0 saturated carbocycles. The quantitative estimate of drug-likeness (QED) is 0.616. The van der Waals surface area contributed by atoms with Crippen molar-refractivity contribution < 1.29 is 14.6 Å². The molecule has 3 nitrogen and oxygen atoms in total. The molecule has 1 N–H and O–H groups in total. The molecule has 0 aromatic rings. The van der Waals surface area contributed by atoms with Crippen LogP contribution in [0.25, 0.3) is 0 Å². The topological polar surface area (TPSA) is 46.5 Å². The van der Waals surface area contributed by atoms with Crippen molar-refractivity contribution in [2.75, 3.05) is 6.61 Å². The van der Waals surface area contributed by atoms with Gasteiger partial charge in [-0.1, -0.05) is 32.4 Å². The van der Waals surface area contributed by atoms with Gasteiger partial charge in [0.2, 0.25) is 0 Å². The van der Waals surface area contributed by atoms with Crippen molar-refractivity contribution >= 4 is 6.29 Å². The van der Waals surface area contributed by atoms with E-state index in [9.17, 15) is 9.90 Å². The van der Waals surface area contributed by atoms with Crippen molar-refractivity contribution in [3.05, 3.63) is 22.8 Å². The van der Waals surface area contributed by atoms with E-state index >= 15 is 0 Å². The number of aldehydes is 1. The maximum absolute atomic E-state index is 10.9. The predicted octanol–water partition coefficient (Wildman–Crippen LogP) is 2.60. The van der Waals surface area contributed by atoms with E-state index in [2.05, 4.69) is 26.8 Å². The molecule has 1 heterocycles. The predicted molar refractivity (Wildman–Crippen MR) is 69.9 cm³/mol. The third-order valence-electron chi connectivity index (χ3n) is 4.01. The molecule has 0 radical (unpaired) electrons. The first-order valence-corrected chi connectivity index (χ1v) is 6.58. The number of carbonyl (C=O) groups excluding carboxylic acids is 1. The normalized spacial score (nSPS) is 28.4. The van der Waals surface area contributed by atoms with Gasteiger partial charge in [0.05, 0.1) is 6.61 Å². The molecule has 2 aliphatic rings. The van der Waals surface area contributed by atoms with E-state index in [4.69, 9.17) is 4.74 Å². The fourth-order valence-electron chi connectivity index (χ4n) is 2.80. The first-order chi connectivity index (χ1) is 8.43. The summed E-state index contributed by atoms with van der Waals surface area (Å²) in [4.78, 5) is 10.9.